The lowest BCUT2D eigenvalue weighted by Gasteiger charge is -2.36. The molecule has 1 atom stereocenters. The van der Waals surface area contributed by atoms with Crippen LogP contribution < -0.4 is 4.90 Å². The Balaban J connectivity index is 1.22. The molecule has 34 heavy (non-hydrogen) atoms. The van der Waals surface area contributed by atoms with Crippen molar-refractivity contribution in [1.29, 1.82) is 0 Å². The number of anilines is 1. The highest BCUT2D eigenvalue weighted by atomic mass is 16.2. The molecule has 1 aliphatic heterocycles. The van der Waals surface area contributed by atoms with E-state index in [1.165, 1.54) is 0 Å². The van der Waals surface area contributed by atoms with Crippen LogP contribution in [-0.2, 0) is 11.2 Å². The van der Waals surface area contributed by atoms with Gasteiger partial charge in [-0.05, 0) is 30.2 Å². The number of carbonyl (C=O) groups is 1. The summed E-state index contributed by atoms with van der Waals surface area (Å²) in [5.41, 5.74) is 6.21. The van der Waals surface area contributed by atoms with Crippen molar-refractivity contribution in [2.75, 3.05) is 31.1 Å². The summed E-state index contributed by atoms with van der Waals surface area (Å²) in [6.45, 7) is 3.12. The van der Waals surface area contributed by atoms with Gasteiger partial charge in [0.25, 0.3) is 0 Å². The third-order valence-corrected chi connectivity index (χ3v) is 6.86. The highest BCUT2D eigenvalue weighted by Gasteiger charge is 2.23. The van der Waals surface area contributed by atoms with Crippen LogP contribution in [0.2, 0.25) is 0 Å². The Morgan fingerprint density at radius 1 is 1.00 bits per heavy atom. The summed E-state index contributed by atoms with van der Waals surface area (Å²) in [4.78, 5) is 26.7. The summed E-state index contributed by atoms with van der Waals surface area (Å²) in [6.07, 6.45) is 13.9. The number of nitrogens with zero attached hydrogens (tertiary/aromatic N) is 5. The van der Waals surface area contributed by atoms with Crippen LogP contribution in [0.15, 0.2) is 85.2 Å². The Morgan fingerprint density at radius 3 is 2.65 bits per heavy atom. The number of fused-ring (bicyclic) bond motifs is 3. The van der Waals surface area contributed by atoms with Crippen molar-refractivity contribution < 1.29 is 4.79 Å². The lowest BCUT2D eigenvalue weighted by atomic mass is 9.97. The molecule has 6 heteroatoms. The number of rotatable bonds is 4. The second-order valence-corrected chi connectivity index (χ2v) is 8.98. The van der Waals surface area contributed by atoms with E-state index in [9.17, 15) is 4.79 Å². The molecule has 1 amide bonds. The summed E-state index contributed by atoms with van der Waals surface area (Å²) in [6, 6.07) is 16.5. The molecular weight excluding hydrogens is 422 g/mol. The molecule has 2 aromatic carbocycles. The fourth-order valence-electron chi connectivity index (χ4n) is 4.99. The number of amides is 1. The van der Waals surface area contributed by atoms with E-state index >= 15 is 0 Å². The Kier molecular flexibility index (Phi) is 5.34. The Morgan fingerprint density at radius 2 is 1.85 bits per heavy atom. The summed E-state index contributed by atoms with van der Waals surface area (Å²) < 4.78 is 2.16. The van der Waals surface area contributed by atoms with Gasteiger partial charge in [0.1, 0.15) is 0 Å². The number of hydrogen-bond acceptors (Lipinski definition) is 4. The SMILES string of the molecule is O=C(Cc1ccccc1)N1CCN(c2ccc3nc(C4C=CC=CC4)c4nccn4c3c2)CC1. The van der Waals surface area contributed by atoms with Crippen molar-refractivity contribution in [3.63, 3.8) is 0 Å². The maximum atomic E-state index is 12.7. The number of aromatic nitrogens is 3. The van der Waals surface area contributed by atoms with E-state index in [1.54, 1.807) is 0 Å². The van der Waals surface area contributed by atoms with E-state index in [0.717, 1.165) is 66.2 Å². The zero-order valence-corrected chi connectivity index (χ0v) is 19.0. The van der Waals surface area contributed by atoms with Crippen molar-refractivity contribution in [1.82, 2.24) is 19.3 Å². The first-order valence-corrected chi connectivity index (χ1v) is 11.9. The molecule has 6 rings (SSSR count). The van der Waals surface area contributed by atoms with E-state index in [2.05, 4.69) is 56.8 Å². The Labute approximate surface area is 198 Å². The van der Waals surface area contributed by atoms with Gasteiger partial charge in [0.05, 0.1) is 23.1 Å². The molecule has 1 fully saturated rings. The van der Waals surface area contributed by atoms with Gasteiger partial charge in [-0.2, -0.15) is 0 Å². The largest absolute Gasteiger partial charge is 0.368 e. The molecule has 2 aromatic heterocycles. The number of allylic oxidation sites excluding steroid dienone is 4. The molecule has 0 spiro atoms. The standard InChI is InChI=1S/C28H27N5O/c34-26(19-21-7-3-1-4-8-21)32-17-15-31(16-18-32)23-11-12-24-25(20-23)33-14-13-29-28(33)27(30-24)22-9-5-2-6-10-22/h1-9,11-14,20,22H,10,15-19H2. The molecule has 170 valence electrons. The van der Waals surface area contributed by atoms with E-state index in [4.69, 9.17) is 4.98 Å². The molecule has 0 bridgehead atoms. The number of carbonyl (C=O) groups excluding carboxylic acids is 1. The van der Waals surface area contributed by atoms with Gasteiger partial charge in [-0.1, -0.05) is 54.6 Å². The second kappa shape index (κ2) is 8.78. The van der Waals surface area contributed by atoms with Crippen LogP contribution in [0.3, 0.4) is 0 Å². The topological polar surface area (TPSA) is 53.7 Å². The number of imidazole rings is 1. The second-order valence-electron chi connectivity index (χ2n) is 8.98. The minimum absolute atomic E-state index is 0.202. The molecule has 0 N–H and O–H groups in total. The molecule has 0 radical (unpaired) electrons. The Bertz CT molecular complexity index is 1400. The van der Waals surface area contributed by atoms with Crippen molar-refractivity contribution in [2.45, 2.75) is 18.8 Å². The fraction of sp³-hybridized carbons (Fsp3) is 0.250. The van der Waals surface area contributed by atoms with Crippen LogP contribution in [0.25, 0.3) is 16.7 Å². The highest BCUT2D eigenvalue weighted by Crippen LogP contribution is 2.30. The molecule has 6 nitrogen and oxygen atoms in total. The minimum Gasteiger partial charge on any atom is -0.368 e. The summed E-state index contributed by atoms with van der Waals surface area (Å²) in [5.74, 6) is 0.452. The van der Waals surface area contributed by atoms with Gasteiger partial charge >= 0.3 is 0 Å². The average molecular weight is 450 g/mol. The van der Waals surface area contributed by atoms with E-state index < -0.39 is 0 Å². The Hall–Kier alpha value is -3.93. The van der Waals surface area contributed by atoms with Crippen LogP contribution >= 0.6 is 0 Å². The van der Waals surface area contributed by atoms with Crippen LogP contribution in [0, 0.1) is 0 Å². The van der Waals surface area contributed by atoms with Gasteiger partial charge in [0, 0.05) is 50.2 Å². The number of benzene rings is 2. The third kappa shape index (κ3) is 3.85. The van der Waals surface area contributed by atoms with E-state index in [0.29, 0.717) is 6.42 Å². The molecule has 0 saturated carbocycles. The smallest absolute Gasteiger partial charge is 0.227 e. The van der Waals surface area contributed by atoms with Crippen LogP contribution in [0.4, 0.5) is 5.69 Å². The van der Waals surface area contributed by atoms with Gasteiger partial charge in [0.15, 0.2) is 5.65 Å². The van der Waals surface area contributed by atoms with E-state index in [-0.39, 0.29) is 11.8 Å². The maximum absolute atomic E-state index is 12.7. The number of piperazine rings is 1. The van der Waals surface area contributed by atoms with Crippen molar-refractivity contribution in [2.24, 2.45) is 0 Å². The molecule has 1 aliphatic carbocycles. The maximum Gasteiger partial charge on any atom is 0.227 e. The molecule has 2 aliphatic rings. The zero-order valence-electron chi connectivity index (χ0n) is 19.0. The molecule has 3 heterocycles. The van der Waals surface area contributed by atoms with Gasteiger partial charge in [-0.3, -0.25) is 9.20 Å². The first-order valence-electron chi connectivity index (χ1n) is 11.9. The van der Waals surface area contributed by atoms with Gasteiger partial charge in [0.2, 0.25) is 5.91 Å². The van der Waals surface area contributed by atoms with Crippen LogP contribution in [0.1, 0.15) is 23.6 Å². The fourth-order valence-corrected chi connectivity index (χ4v) is 4.99. The average Bonchev–Trinajstić information content (AvgIpc) is 3.40. The zero-order chi connectivity index (χ0) is 22.9. The van der Waals surface area contributed by atoms with Crippen molar-refractivity contribution in [3.05, 3.63) is 96.5 Å². The predicted molar refractivity (Wildman–Crippen MR) is 135 cm³/mol. The third-order valence-electron chi connectivity index (χ3n) is 6.86. The lowest BCUT2D eigenvalue weighted by Crippen LogP contribution is -2.49. The van der Waals surface area contributed by atoms with Gasteiger partial charge in [-0.25, -0.2) is 9.97 Å². The first kappa shape index (κ1) is 20.7. The summed E-state index contributed by atoms with van der Waals surface area (Å²) in [5, 5.41) is 0. The molecule has 1 saturated heterocycles. The predicted octanol–water partition coefficient (Wildman–Crippen LogP) is 4.37. The molecule has 1 unspecified atom stereocenters. The number of hydrogen-bond donors (Lipinski definition) is 0. The van der Waals surface area contributed by atoms with E-state index in [1.807, 2.05) is 47.6 Å². The van der Waals surface area contributed by atoms with Crippen molar-refractivity contribution in [3.8, 4) is 0 Å². The summed E-state index contributed by atoms with van der Waals surface area (Å²) >= 11 is 0. The summed E-state index contributed by atoms with van der Waals surface area (Å²) in [7, 11) is 0. The van der Waals surface area contributed by atoms with Crippen LogP contribution in [-0.4, -0.2) is 51.4 Å². The normalized spacial score (nSPS) is 18.2. The molecular formula is C28H27N5O. The van der Waals surface area contributed by atoms with Crippen molar-refractivity contribution >= 4 is 28.3 Å². The quantitative estimate of drug-likeness (QED) is 0.464. The highest BCUT2D eigenvalue weighted by molar-refractivity contribution is 5.83. The molecule has 4 aromatic rings. The first-order chi connectivity index (χ1) is 16.8. The monoisotopic (exact) mass is 449 g/mol. The minimum atomic E-state index is 0.202. The lowest BCUT2D eigenvalue weighted by molar-refractivity contribution is -0.130. The van der Waals surface area contributed by atoms with Gasteiger partial charge in [-0.15, -0.1) is 0 Å². The van der Waals surface area contributed by atoms with Crippen LogP contribution in [0.5, 0.6) is 0 Å². The van der Waals surface area contributed by atoms with Gasteiger partial charge < -0.3 is 9.80 Å².